The first-order chi connectivity index (χ1) is 13.7. The minimum atomic E-state index is -1.20. The molecule has 0 bridgehead atoms. The Morgan fingerprint density at radius 2 is 1.86 bits per heavy atom. The molecule has 1 aromatic carbocycles. The average molecular weight is 418 g/mol. The Hall–Kier alpha value is -1.67. The molecule has 29 heavy (non-hydrogen) atoms. The maximum atomic E-state index is 13.4. The Labute approximate surface area is 174 Å². The van der Waals surface area contributed by atoms with Crippen LogP contribution in [0.4, 0.5) is 4.39 Å². The van der Waals surface area contributed by atoms with Gasteiger partial charge < -0.3 is 14.6 Å². The molecule has 2 fully saturated rings. The van der Waals surface area contributed by atoms with E-state index in [0.717, 1.165) is 29.9 Å². The predicted molar refractivity (Wildman–Crippen MR) is 113 cm³/mol. The number of piperidine rings is 1. The van der Waals surface area contributed by atoms with E-state index in [-0.39, 0.29) is 22.7 Å². The normalized spacial score (nSPS) is 25.4. The third kappa shape index (κ3) is 4.58. The van der Waals surface area contributed by atoms with Crippen LogP contribution in [0.2, 0.25) is 0 Å². The molecular formula is C22H28FN3O2S. The van der Waals surface area contributed by atoms with Gasteiger partial charge in [-0.25, -0.2) is 9.37 Å². The van der Waals surface area contributed by atoms with E-state index in [9.17, 15) is 8.94 Å². The van der Waals surface area contributed by atoms with Crippen molar-refractivity contribution in [3.63, 3.8) is 0 Å². The number of nitrogens with zero attached hydrogens (tertiary/aromatic N) is 1. The summed E-state index contributed by atoms with van der Waals surface area (Å²) in [6.45, 7) is 9.77. The molecule has 0 radical (unpaired) electrons. The SMILES string of the molecule is CC(N[S+]([O-])C(C)(C)C)c1cc(OC2[C@H]3CNC[C@@H]23)nc(-c2ccc(F)cc2)c1. The van der Waals surface area contributed by atoms with E-state index in [2.05, 4.69) is 15.0 Å². The zero-order valence-electron chi connectivity index (χ0n) is 17.2. The molecule has 2 N–H and O–H groups in total. The summed E-state index contributed by atoms with van der Waals surface area (Å²) in [5, 5.41) is 3.37. The van der Waals surface area contributed by atoms with Gasteiger partial charge in [-0.1, -0.05) is 0 Å². The molecule has 5 nitrogen and oxygen atoms in total. The summed E-state index contributed by atoms with van der Waals surface area (Å²) in [5.74, 6) is 1.39. The second kappa shape index (κ2) is 7.87. The number of ether oxygens (including phenoxy) is 1. The van der Waals surface area contributed by atoms with Gasteiger partial charge in [-0.3, -0.25) is 0 Å². The van der Waals surface area contributed by atoms with Crippen molar-refractivity contribution in [2.75, 3.05) is 13.1 Å². The summed E-state index contributed by atoms with van der Waals surface area (Å²) < 4.78 is 34.9. The molecule has 0 amide bonds. The van der Waals surface area contributed by atoms with Crippen LogP contribution in [0.5, 0.6) is 5.88 Å². The zero-order valence-corrected chi connectivity index (χ0v) is 18.1. The van der Waals surface area contributed by atoms with E-state index in [1.165, 1.54) is 12.1 Å². The van der Waals surface area contributed by atoms with Crippen LogP contribution < -0.4 is 14.8 Å². The van der Waals surface area contributed by atoms with Crippen molar-refractivity contribution in [3.8, 4) is 17.1 Å². The van der Waals surface area contributed by atoms with E-state index in [4.69, 9.17) is 4.74 Å². The molecule has 7 heteroatoms. The number of benzene rings is 1. The molecule has 4 rings (SSSR count). The number of hydrogen-bond acceptors (Lipinski definition) is 5. The quantitative estimate of drug-likeness (QED) is 0.703. The van der Waals surface area contributed by atoms with Crippen LogP contribution in [0.15, 0.2) is 36.4 Å². The van der Waals surface area contributed by atoms with Crippen molar-refractivity contribution in [2.45, 2.75) is 44.6 Å². The van der Waals surface area contributed by atoms with Gasteiger partial charge in [0.05, 0.1) is 11.7 Å². The standard InChI is InChI=1S/C22H28FN3O2S/c1-13(26-29(27)22(2,3)4)15-9-19(14-5-7-16(23)8-6-14)25-20(10-15)28-21-17-11-24-12-18(17)21/h5-10,13,17-18,21,24,26H,11-12H2,1-4H3/t13?,17-,18+,21?,29?. The molecule has 156 valence electrons. The van der Waals surface area contributed by atoms with Crippen molar-refractivity contribution in [1.82, 2.24) is 15.0 Å². The monoisotopic (exact) mass is 417 g/mol. The van der Waals surface area contributed by atoms with Gasteiger partial charge in [0.15, 0.2) is 0 Å². The molecule has 1 aliphatic carbocycles. The third-order valence-corrected chi connectivity index (χ3v) is 7.25. The predicted octanol–water partition coefficient (Wildman–Crippen LogP) is 3.60. The van der Waals surface area contributed by atoms with Gasteiger partial charge in [0, 0.05) is 47.9 Å². The summed E-state index contributed by atoms with van der Waals surface area (Å²) in [7, 11) is 0. The summed E-state index contributed by atoms with van der Waals surface area (Å²) in [6, 6.07) is 10.0. The molecule has 1 saturated heterocycles. The van der Waals surface area contributed by atoms with Gasteiger partial charge in [-0.2, -0.15) is 0 Å². The first-order valence-corrected chi connectivity index (χ1v) is 11.2. The van der Waals surface area contributed by atoms with Crippen LogP contribution in [0.1, 0.15) is 39.3 Å². The zero-order chi connectivity index (χ0) is 20.8. The molecule has 1 aromatic heterocycles. The van der Waals surface area contributed by atoms with Crippen LogP contribution in [0, 0.1) is 17.7 Å². The van der Waals surface area contributed by atoms with Crippen molar-refractivity contribution in [2.24, 2.45) is 11.8 Å². The number of fused-ring (bicyclic) bond motifs is 1. The van der Waals surface area contributed by atoms with Gasteiger partial charge in [-0.05, 0) is 63.6 Å². The Bertz CT molecular complexity index is 861. The Kier molecular flexibility index (Phi) is 5.59. The molecule has 2 aromatic rings. The second-order valence-electron chi connectivity index (χ2n) is 8.92. The molecular weight excluding hydrogens is 389 g/mol. The molecule has 2 aliphatic rings. The van der Waals surface area contributed by atoms with Crippen LogP contribution >= 0.6 is 0 Å². The summed E-state index contributed by atoms with van der Waals surface area (Å²) >= 11 is -1.20. The minimum absolute atomic E-state index is 0.153. The number of halogens is 1. The van der Waals surface area contributed by atoms with Gasteiger partial charge in [-0.15, -0.1) is 4.72 Å². The highest BCUT2D eigenvalue weighted by atomic mass is 32.2. The van der Waals surface area contributed by atoms with E-state index >= 15 is 0 Å². The van der Waals surface area contributed by atoms with Crippen molar-refractivity contribution < 1.29 is 13.7 Å². The maximum absolute atomic E-state index is 13.4. The lowest BCUT2D eigenvalue weighted by Crippen LogP contribution is -2.40. The van der Waals surface area contributed by atoms with Crippen LogP contribution in [-0.2, 0) is 11.4 Å². The van der Waals surface area contributed by atoms with Crippen molar-refractivity contribution >= 4 is 11.4 Å². The second-order valence-corrected chi connectivity index (χ2v) is 10.9. The summed E-state index contributed by atoms with van der Waals surface area (Å²) in [4.78, 5) is 4.68. The number of pyridine rings is 1. The fourth-order valence-corrected chi connectivity index (χ4v) is 4.50. The Morgan fingerprint density at radius 3 is 2.48 bits per heavy atom. The topological polar surface area (TPSA) is 69.2 Å². The van der Waals surface area contributed by atoms with Crippen LogP contribution in [0.25, 0.3) is 11.3 Å². The Morgan fingerprint density at radius 1 is 1.21 bits per heavy atom. The van der Waals surface area contributed by atoms with E-state index < -0.39 is 11.4 Å². The molecule has 5 atom stereocenters. The van der Waals surface area contributed by atoms with Crippen LogP contribution in [-0.4, -0.2) is 33.5 Å². The van der Waals surface area contributed by atoms with Gasteiger partial charge >= 0.3 is 0 Å². The van der Waals surface area contributed by atoms with Crippen molar-refractivity contribution in [1.29, 1.82) is 0 Å². The molecule has 1 saturated carbocycles. The van der Waals surface area contributed by atoms with Crippen molar-refractivity contribution in [3.05, 3.63) is 47.8 Å². The average Bonchev–Trinajstić information content (AvgIpc) is 3.09. The van der Waals surface area contributed by atoms with Gasteiger partial charge in [0.2, 0.25) is 5.88 Å². The smallest absolute Gasteiger partial charge is 0.214 e. The summed E-state index contributed by atoms with van der Waals surface area (Å²) in [6.07, 6.45) is 0.201. The van der Waals surface area contributed by atoms with E-state index in [1.54, 1.807) is 12.1 Å². The van der Waals surface area contributed by atoms with Crippen LogP contribution in [0.3, 0.4) is 0 Å². The first kappa shape index (κ1) is 20.6. The fourth-order valence-electron chi connectivity index (χ4n) is 3.69. The van der Waals surface area contributed by atoms with Gasteiger partial charge in [0.1, 0.15) is 16.7 Å². The lowest BCUT2D eigenvalue weighted by molar-refractivity contribution is 0.251. The number of hydrogen-bond donors (Lipinski definition) is 2. The molecule has 2 heterocycles. The van der Waals surface area contributed by atoms with E-state index in [1.807, 2.05) is 39.8 Å². The molecule has 0 spiro atoms. The molecule has 3 unspecified atom stereocenters. The highest BCUT2D eigenvalue weighted by Gasteiger charge is 2.55. The fraction of sp³-hybridized carbons (Fsp3) is 0.500. The van der Waals surface area contributed by atoms with E-state index in [0.29, 0.717) is 17.7 Å². The van der Waals surface area contributed by atoms with Gasteiger partial charge in [0.25, 0.3) is 0 Å². The third-order valence-electron chi connectivity index (χ3n) is 5.57. The highest BCUT2D eigenvalue weighted by molar-refractivity contribution is 7.90. The molecule has 1 aliphatic heterocycles. The largest absolute Gasteiger partial charge is 0.598 e. The number of rotatable bonds is 6. The lowest BCUT2D eigenvalue weighted by atomic mass is 10.1. The Balaban J connectivity index is 1.61. The summed E-state index contributed by atoms with van der Waals surface area (Å²) in [5.41, 5.74) is 2.48. The maximum Gasteiger partial charge on any atom is 0.214 e. The number of nitrogens with one attached hydrogen (secondary N) is 2. The lowest BCUT2D eigenvalue weighted by Gasteiger charge is -2.26. The highest BCUT2D eigenvalue weighted by Crippen LogP contribution is 2.44. The first-order valence-electron chi connectivity index (χ1n) is 10.1. The minimum Gasteiger partial charge on any atom is -0.598 e. The number of aromatic nitrogens is 1.